The fraction of sp³-hybridized carbons (Fsp3) is 0.571. The lowest BCUT2D eigenvalue weighted by Crippen LogP contribution is -2.45. The summed E-state index contributed by atoms with van der Waals surface area (Å²) >= 11 is 3.45. The molecule has 0 bridgehead atoms. The van der Waals surface area contributed by atoms with E-state index in [4.69, 9.17) is 5.73 Å². The van der Waals surface area contributed by atoms with Gasteiger partial charge in [0.2, 0.25) is 0 Å². The first kappa shape index (κ1) is 14.0. The lowest BCUT2D eigenvalue weighted by molar-refractivity contribution is -0.0160. The molecule has 4 heteroatoms. The number of hydrogen-bond acceptors (Lipinski definition) is 3. The van der Waals surface area contributed by atoms with E-state index in [1.54, 1.807) is 0 Å². The monoisotopic (exact) mass is 312 g/mol. The first-order valence-corrected chi connectivity index (χ1v) is 7.23. The van der Waals surface area contributed by atoms with Crippen molar-refractivity contribution < 1.29 is 5.11 Å². The molecular formula is C14H21BrN2O. The molecule has 1 saturated heterocycles. The van der Waals surface area contributed by atoms with Gasteiger partial charge in [0.25, 0.3) is 0 Å². The normalized spacial score (nSPS) is 21.8. The van der Waals surface area contributed by atoms with Crippen molar-refractivity contribution in [3.05, 3.63) is 34.3 Å². The predicted octanol–water partition coefficient (Wildman–Crippen LogP) is 2.30. The summed E-state index contributed by atoms with van der Waals surface area (Å²) in [5.74, 6) is 0. The van der Waals surface area contributed by atoms with Gasteiger partial charge in [0, 0.05) is 30.1 Å². The summed E-state index contributed by atoms with van der Waals surface area (Å²) in [7, 11) is 0. The fourth-order valence-electron chi connectivity index (χ4n) is 2.50. The Labute approximate surface area is 117 Å². The average Bonchev–Trinajstić information content (AvgIpc) is 2.34. The van der Waals surface area contributed by atoms with Crippen LogP contribution in [-0.2, 0) is 0 Å². The van der Waals surface area contributed by atoms with Crippen LogP contribution in [0.2, 0.25) is 0 Å². The van der Waals surface area contributed by atoms with Crippen LogP contribution in [0.25, 0.3) is 0 Å². The highest BCUT2D eigenvalue weighted by Gasteiger charge is 2.30. The summed E-state index contributed by atoms with van der Waals surface area (Å²) in [4.78, 5) is 2.38. The molecule has 1 atom stereocenters. The van der Waals surface area contributed by atoms with Gasteiger partial charge in [-0.25, -0.2) is 0 Å². The Bertz CT molecular complexity index is 381. The summed E-state index contributed by atoms with van der Waals surface area (Å²) in [6.07, 6.45) is 1.64. The average molecular weight is 313 g/mol. The zero-order chi connectivity index (χ0) is 13.2. The van der Waals surface area contributed by atoms with Crippen molar-refractivity contribution in [3.8, 4) is 0 Å². The highest BCUT2D eigenvalue weighted by atomic mass is 79.9. The third-order valence-electron chi connectivity index (χ3n) is 3.79. The Kier molecular flexibility index (Phi) is 4.43. The molecule has 0 radical (unpaired) electrons. The zero-order valence-electron chi connectivity index (χ0n) is 10.8. The number of rotatable bonds is 3. The Hall–Kier alpha value is -0.420. The quantitative estimate of drug-likeness (QED) is 0.900. The van der Waals surface area contributed by atoms with Gasteiger partial charge in [0.1, 0.15) is 0 Å². The van der Waals surface area contributed by atoms with E-state index in [1.807, 2.05) is 6.92 Å². The van der Waals surface area contributed by atoms with Crippen molar-refractivity contribution in [2.24, 2.45) is 5.73 Å². The molecule has 1 fully saturated rings. The minimum Gasteiger partial charge on any atom is -0.390 e. The van der Waals surface area contributed by atoms with Crippen molar-refractivity contribution >= 4 is 15.9 Å². The molecule has 1 aromatic carbocycles. The Morgan fingerprint density at radius 2 is 1.89 bits per heavy atom. The molecule has 3 nitrogen and oxygen atoms in total. The second-order valence-electron chi connectivity index (χ2n) is 5.34. The van der Waals surface area contributed by atoms with Crippen LogP contribution in [0.3, 0.4) is 0 Å². The molecule has 18 heavy (non-hydrogen) atoms. The van der Waals surface area contributed by atoms with Crippen LogP contribution in [0.15, 0.2) is 28.7 Å². The van der Waals surface area contributed by atoms with E-state index in [9.17, 15) is 5.11 Å². The van der Waals surface area contributed by atoms with Gasteiger partial charge >= 0.3 is 0 Å². The highest BCUT2D eigenvalue weighted by molar-refractivity contribution is 9.10. The lowest BCUT2D eigenvalue weighted by atomic mass is 9.92. The van der Waals surface area contributed by atoms with Crippen LogP contribution in [0.1, 0.15) is 31.4 Å². The topological polar surface area (TPSA) is 49.5 Å². The van der Waals surface area contributed by atoms with Gasteiger partial charge in [-0.1, -0.05) is 28.1 Å². The van der Waals surface area contributed by atoms with Crippen molar-refractivity contribution in [3.63, 3.8) is 0 Å². The second kappa shape index (κ2) is 5.70. The molecule has 3 N–H and O–H groups in total. The molecule has 1 heterocycles. The molecule has 1 aromatic rings. The fourth-order valence-corrected chi connectivity index (χ4v) is 2.76. The van der Waals surface area contributed by atoms with Crippen LogP contribution >= 0.6 is 15.9 Å². The van der Waals surface area contributed by atoms with E-state index in [2.05, 4.69) is 45.1 Å². The van der Waals surface area contributed by atoms with Gasteiger partial charge in [0.15, 0.2) is 0 Å². The summed E-state index contributed by atoms with van der Waals surface area (Å²) in [6, 6.07) is 8.60. The van der Waals surface area contributed by atoms with Gasteiger partial charge in [-0.3, -0.25) is 4.90 Å². The van der Waals surface area contributed by atoms with Gasteiger partial charge < -0.3 is 10.8 Å². The third kappa shape index (κ3) is 3.32. The van der Waals surface area contributed by atoms with Gasteiger partial charge in [0.05, 0.1) is 5.60 Å². The predicted molar refractivity (Wildman–Crippen MR) is 77.4 cm³/mol. The van der Waals surface area contributed by atoms with Gasteiger partial charge in [-0.2, -0.15) is 0 Å². The molecule has 1 unspecified atom stereocenters. The molecule has 0 aliphatic carbocycles. The molecule has 0 amide bonds. The van der Waals surface area contributed by atoms with E-state index < -0.39 is 5.60 Å². The Morgan fingerprint density at radius 1 is 1.33 bits per heavy atom. The van der Waals surface area contributed by atoms with Crippen LogP contribution in [-0.4, -0.2) is 35.2 Å². The standard InChI is InChI=1S/C14H21BrN2O/c1-14(18)6-8-17(9-7-14)13(10-16)11-2-4-12(15)5-3-11/h2-5,13,18H,6-10,16H2,1H3. The SMILES string of the molecule is CC1(O)CCN(C(CN)c2ccc(Br)cc2)CC1. The largest absolute Gasteiger partial charge is 0.390 e. The van der Waals surface area contributed by atoms with Crippen molar-refractivity contribution in [2.75, 3.05) is 19.6 Å². The van der Waals surface area contributed by atoms with Crippen LogP contribution in [0.4, 0.5) is 0 Å². The molecule has 0 spiro atoms. The molecule has 1 aliphatic rings. The maximum Gasteiger partial charge on any atom is 0.0644 e. The smallest absolute Gasteiger partial charge is 0.0644 e. The second-order valence-corrected chi connectivity index (χ2v) is 6.25. The third-order valence-corrected chi connectivity index (χ3v) is 4.32. The number of nitrogens with zero attached hydrogens (tertiary/aromatic N) is 1. The van der Waals surface area contributed by atoms with Crippen LogP contribution in [0, 0.1) is 0 Å². The maximum absolute atomic E-state index is 9.99. The Balaban J connectivity index is 2.08. The highest BCUT2D eigenvalue weighted by Crippen LogP contribution is 2.28. The number of aliphatic hydroxyl groups is 1. The molecule has 0 saturated carbocycles. The molecular weight excluding hydrogens is 292 g/mol. The minimum absolute atomic E-state index is 0.259. The number of benzene rings is 1. The van der Waals surface area contributed by atoms with Crippen molar-refractivity contribution in [1.29, 1.82) is 0 Å². The Morgan fingerprint density at radius 3 is 2.39 bits per heavy atom. The summed E-state index contributed by atoms with van der Waals surface area (Å²) < 4.78 is 1.09. The number of likely N-dealkylation sites (tertiary alicyclic amines) is 1. The van der Waals surface area contributed by atoms with Crippen molar-refractivity contribution in [2.45, 2.75) is 31.4 Å². The summed E-state index contributed by atoms with van der Waals surface area (Å²) in [5, 5.41) is 9.99. The number of piperidine rings is 1. The van der Waals surface area contributed by atoms with Crippen LogP contribution in [0.5, 0.6) is 0 Å². The lowest BCUT2D eigenvalue weighted by Gasteiger charge is -2.40. The van der Waals surface area contributed by atoms with Gasteiger partial charge in [-0.05, 0) is 37.5 Å². The number of halogens is 1. The number of hydrogen-bond donors (Lipinski definition) is 2. The van der Waals surface area contributed by atoms with Crippen molar-refractivity contribution in [1.82, 2.24) is 4.90 Å². The van der Waals surface area contributed by atoms with E-state index in [0.29, 0.717) is 6.54 Å². The van der Waals surface area contributed by atoms with E-state index in [0.717, 1.165) is 30.4 Å². The zero-order valence-corrected chi connectivity index (χ0v) is 12.4. The number of nitrogens with two attached hydrogens (primary N) is 1. The van der Waals surface area contributed by atoms with E-state index >= 15 is 0 Å². The first-order valence-electron chi connectivity index (χ1n) is 6.44. The molecule has 100 valence electrons. The van der Waals surface area contributed by atoms with E-state index in [-0.39, 0.29) is 6.04 Å². The molecule has 2 rings (SSSR count). The van der Waals surface area contributed by atoms with Gasteiger partial charge in [-0.15, -0.1) is 0 Å². The molecule has 1 aliphatic heterocycles. The first-order chi connectivity index (χ1) is 8.52. The summed E-state index contributed by atoms with van der Waals surface area (Å²) in [5.41, 5.74) is 6.67. The summed E-state index contributed by atoms with van der Waals surface area (Å²) in [6.45, 7) is 4.35. The minimum atomic E-state index is -0.505. The maximum atomic E-state index is 9.99. The van der Waals surface area contributed by atoms with E-state index in [1.165, 1.54) is 5.56 Å². The molecule has 0 aromatic heterocycles. The van der Waals surface area contributed by atoms with Crippen LogP contribution < -0.4 is 5.73 Å².